The van der Waals surface area contributed by atoms with E-state index in [1.54, 1.807) is 11.7 Å². The maximum atomic E-state index is 9.05. The monoisotopic (exact) mass is 295 g/mol. The minimum absolute atomic E-state index is 0.593. The molecule has 5 nitrogen and oxygen atoms in total. The minimum Gasteiger partial charge on any atom is -0.223 e. The van der Waals surface area contributed by atoms with E-state index in [0.29, 0.717) is 10.7 Å². The molecule has 0 atom stereocenters. The lowest BCUT2D eigenvalue weighted by Crippen LogP contribution is -1.93. The number of hydrogen-bond acceptors (Lipinski definition) is 5. The molecular formula is C9H6BrN5S. The second-order valence-corrected chi connectivity index (χ2v) is 4.78. The molecular weight excluding hydrogens is 290 g/mol. The van der Waals surface area contributed by atoms with Crippen LogP contribution in [0.3, 0.4) is 0 Å². The Morgan fingerprint density at radius 1 is 1.50 bits per heavy atom. The van der Waals surface area contributed by atoms with E-state index in [-0.39, 0.29) is 0 Å². The van der Waals surface area contributed by atoms with Gasteiger partial charge < -0.3 is 0 Å². The molecule has 0 fully saturated rings. The maximum Gasteiger partial charge on any atom is 0.213 e. The van der Waals surface area contributed by atoms with Gasteiger partial charge in [-0.15, -0.1) is 5.10 Å². The molecule has 0 amide bonds. The zero-order valence-electron chi connectivity index (χ0n) is 8.25. The van der Waals surface area contributed by atoms with Crippen molar-refractivity contribution in [3.05, 3.63) is 28.2 Å². The smallest absolute Gasteiger partial charge is 0.213 e. The third-order valence-electron chi connectivity index (χ3n) is 1.87. The molecule has 0 aliphatic carbocycles. The van der Waals surface area contributed by atoms with E-state index in [9.17, 15) is 0 Å². The Kier molecular flexibility index (Phi) is 3.22. The van der Waals surface area contributed by atoms with E-state index in [4.69, 9.17) is 5.26 Å². The van der Waals surface area contributed by atoms with Crippen LogP contribution in [0.25, 0.3) is 0 Å². The van der Waals surface area contributed by atoms with Crippen molar-refractivity contribution in [1.82, 2.24) is 20.2 Å². The van der Waals surface area contributed by atoms with Crippen LogP contribution in [0.15, 0.2) is 32.7 Å². The fourth-order valence-corrected chi connectivity index (χ4v) is 2.54. The third kappa shape index (κ3) is 2.08. The SMILES string of the molecule is Cn1nnnc1Sc1cccc(Br)c1C#N. The van der Waals surface area contributed by atoms with Gasteiger partial charge in [0.15, 0.2) is 0 Å². The summed E-state index contributed by atoms with van der Waals surface area (Å²) in [5, 5.41) is 20.8. The van der Waals surface area contributed by atoms with E-state index in [1.165, 1.54) is 11.8 Å². The highest BCUT2D eigenvalue weighted by atomic mass is 79.9. The van der Waals surface area contributed by atoms with Crippen molar-refractivity contribution in [3.63, 3.8) is 0 Å². The maximum absolute atomic E-state index is 9.05. The van der Waals surface area contributed by atoms with Crippen molar-refractivity contribution >= 4 is 27.7 Å². The molecule has 0 saturated heterocycles. The van der Waals surface area contributed by atoms with E-state index >= 15 is 0 Å². The van der Waals surface area contributed by atoms with Crippen molar-refractivity contribution in [2.24, 2.45) is 7.05 Å². The summed E-state index contributed by atoms with van der Waals surface area (Å²) in [6.07, 6.45) is 0. The van der Waals surface area contributed by atoms with Crippen molar-refractivity contribution < 1.29 is 0 Å². The Morgan fingerprint density at radius 2 is 2.31 bits per heavy atom. The van der Waals surface area contributed by atoms with Gasteiger partial charge in [0.2, 0.25) is 5.16 Å². The van der Waals surface area contributed by atoms with E-state index in [1.807, 2.05) is 18.2 Å². The molecule has 0 N–H and O–H groups in total. The number of aromatic nitrogens is 4. The molecule has 16 heavy (non-hydrogen) atoms. The summed E-state index contributed by atoms with van der Waals surface area (Å²) in [5.41, 5.74) is 0.593. The van der Waals surface area contributed by atoms with Gasteiger partial charge in [-0.25, -0.2) is 4.68 Å². The molecule has 0 unspecified atom stereocenters. The molecule has 1 heterocycles. The summed E-state index contributed by atoms with van der Waals surface area (Å²) in [6, 6.07) is 7.72. The van der Waals surface area contributed by atoms with Gasteiger partial charge in [-0.3, -0.25) is 0 Å². The number of nitrogens with zero attached hydrogens (tertiary/aromatic N) is 5. The standard InChI is InChI=1S/C9H6BrN5S/c1-15-9(12-13-14-15)16-8-4-2-3-7(10)6(8)5-11/h2-4H,1H3. The van der Waals surface area contributed by atoms with Gasteiger partial charge in [-0.2, -0.15) is 5.26 Å². The number of nitriles is 1. The van der Waals surface area contributed by atoms with Crippen molar-refractivity contribution in [2.75, 3.05) is 0 Å². The Hall–Kier alpha value is -1.39. The topological polar surface area (TPSA) is 67.4 Å². The lowest BCUT2D eigenvalue weighted by Gasteiger charge is -2.03. The molecule has 0 bridgehead atoms. The van der Waals surface area contributed by atoms with E-state index < -0.39 is 0 Å². The van der Waals surface area contributed by atoms with Crippen LogP contribution in [0, 0.1) is 11.3 Å². The highest BCUT2D eigenvalue weighted by Gasteiger charge is 2.10. The number of aryl methyl sites for hydroxylation is 1. The highest BCUT2D eigenvalue weighted by Crippen LogP contribution is 2.31. The number of tetrazole rings is 1. The summed E-state index contributed by atoms with van der Waals surface area (Å²) in [5.74, 6) is 0. The zero-order valence-corrected chi connectivity index (χ0v) is 10.7. The lowest BCUT2D eigenvalue weighted by atomic mass is 10.2. The average Bonchev–Trinajstić information content (AvgIpc) is 2.65. The van der Waals surface area contributed by atoms with Gasteiger partial charge in [0.25, 0.3) is 0 Å². The summed E-state index contributed by atoms with van der Waals surface area (Å²) in [4.78, 5) is 0.828. The Morgan fingerprint density at radius 3 is 2.94 bits per heavy atom. The molecule has 1 aromatic carbocycles. The van der Waals surface area contributed by atoms with E-state index in [2.05, 4.69) is 37.5 Å². The fraction of sp³-hybridized carbons (Fsp3) is 0.111. The second-order valence-electron chi connectivity index (χ2n) is 2.91. The Bertz CT molecular complexity index is 559. The first-order valence-electron chi connectivity index (χ1n) is 4.31. The number of benzene rings is 1. The lowest BCUT2D eigenvalue weighted by molar-refractivity contribution is 0.664. The average molecular weight is 296 g/mol. The summed E-state index contributed by atoms with van der Waals surface area (Å²) in [6.45, 7) is 0. The molecule has 0 aliphatic rings. The quantitative estimate of drug-likeness (QED) is 0.848. The van der Waals surface area contributed by atoms with Crippen molar-refractivity contribution in [1.29, 1.82) is 5.26 Å². The molecule has 2 rings (SSSR count). The molecule has 1 aromatic heterocycles. The minimum atomic E-state index is 0.593. The number of halogens is 1. The zero-order chi connectivity index (χ0) is 11.5. The Balaban J connectivity index is 2.40. The van der Waals surface area contributed by atoms with Crippen molar-refractivity contribution in [2.45, 2.75) is 10.1 Å². The summed E-state index contributed by atoms with van der Waals surface area (Å²) in [7, 11) is 1.76. The highest BCUT2D eigenvalue weighted by molar-refractivity contribution is 9.10. The largest absolute Gasteiger partial charge is 0.223 e. The van der Waals surface area contributed by atoms with Crippen LogP contribution >= 0.6 is 27.7 Å². The molecule has 0 spiro atoms. The molecule has 7 heteroatoms. The number of rotatable bonds is 2. The summed E-state index contributed by atoms with van der Waals surface area (Å²) >= 11 is 4.70. The molecule has 0 saturated carbocycles. The Labute approximate surface area is 105 Å². The first kappa shape index (κ1) is 11.1. The van der Waals surface area contributed by atoms with Gasteiger partial charge in [-0.05, 0) is 50.3 Å². The number of hydrogen-bond donors (Lipinski definition) is 0. The van der Waals surface area contributed by atoms with Gasteiger partial charge >= 0.3 is 0 Å². The first-order valence-corrected chi connectivity index (χ1v) is 5.92. The van der Waals surface area contributed by atoms with Crippen LogP contribution in [0.4, 0.5) is 0 Å². The van der Waals surface area contributed by atoms with Gasteiger partial charge in [-0.1, -0.05) is 6.07 Å². The predicted molar refractivity (Wildman–Crippen MR) is 61.8 cm³/mol. The van der Waals surface area contributed by atoms with Crippen LogP contribution in [0.5, 0.6) is 0 Å². The molecule has 0 radical (unpaired) electrons. The van der Waals surface area contributed by atoms with Crippen LogP contribution in [0.1, 0.15) is 5.56 Å². The fourth-order valence-electron chi connectivity index (χ4n) is 1.10. The van der Waals surface area contributed by atoms with Crippen LogP contribution in [-0.4, -0.2) is 20.2 Å². The van der Waals surface area contributed by atoms with Crippen LogP contribution in [-0.2, 0) is 7.05 Å². The molecule has 2 aromatic rings. The van der Waals surface area contributed by atoms with Gasteiger partial charge in [0, 0.05) is 16.4 Å². The van der Waals surface area contributed by atoms with Crippen LogP contribution in [0.2, 0.25) is 0 Å². The molecule has 0 aliphatic heterocycles. The molecule has 80 valence electrons. The normalized spacial score (nSPS) is 10.1. The predicted octanol–water partition coefficient (Wildman–Crippen LogP) is 2.00. The van der Waals surface area contributed by atoms with Gasteiger partial charge in [0.1, 0.15) is 6.07 Å². The van der Waals surface area contributed by atoms with Gasteiger partial charge in [0.05, 0.1) is 5.56 Å². The van der Waals surface area contributed by atoms with E-state index in [0.717, 1.165) is 9.37 Å². The third-order valence-corrected chi connectivity index (χ3v) is 3.62. The first-order chi connectivity index (χ1) is 7.72. The summed E-state index contributed by atoms with van der Waals surface area (Å²) < 4.78 is 2.34. The van der Waals surface area contributed by atoms with Crippen molar-refractivity contribution in [3.8, 4) is 6.07 Å². The van der Waals surface area contributed by atoms with Crippen LogP contribution < -0.4 is 0 Å². The second kappa shape index (κ2) is 4.63.